The van der Waals surface area contributed by atoms with Gasteiger partial charge in [0.15, 0.2) is 17.5 Å². The molecule has 0 atom stereocenters. The number of aromatic nitrogens is 4. The molecule has 0 bridgehead atoms. The molecular weight excluding hydrogens is 741 g/mol. The van der Waals surface area contributed by atoms with Gasteiger partial charge in [-0.2, -0.15) is 0 Å². The molecule has 0 saturated carbocycles. The average Bonchev–Trinajstić information content (AvgIpc) is 3.68. The van der Waals surface area contributed by atoms with E-state index in [4.69, 9.17) is 15.0 Å². The van der Waals surface area contributed by atoms with Crippen molar-refractivity contribution in [1.82, 2.24) is 19.5 Å². The van der Waals surface area contributed by atoms with Crippen molar-refractivity contribution in [2.75, 3.05) is 0 Å². The lowest BCUT2D eigenvalue weighted by Gasteiger charge is -2.15. The smallest absolute Gasteiger partial charge is 0.165 e. The molecule has 4 heteroatoms. The van der Waals surface area contributed by atoms with Crippen LogP contribution in [0.3, 0.4) is 0 Å². The van der Waals surface area contributed by atoms with E-state index >= 15 is 0 Å². The molecule has 2 heterocycles. The first kappa shape index (κ1) is 34.8. The van der Waals surface area contributed by atoms with Crippen LogP contribution in [0.5, 0.6) is 0 Å². The molecule has 0 fully saturated rings. The minimum Gasteiger partial charge on any atom is -0.309 e. The van der Waals surface area contributed by atoms with Crippen molar-refractivity contribution in [3.8, 4) is 62.1 Å². The molecule has 12 aromatic rings. The van der Waals surface area contributed by atoms with Crippen LogP contribution < -0.4 is 0 Å². The molecular formula is C57H36N4. The average molecular weight is 777 g/mol. The minimum absolute atomic E-state index is 0.624. The third-order valence-electron chi connectivity index (χ3n) is 12.0. The van der Waals surface area contributed by atoms with Crippen molar-refractivity contribution in [3.63, 3.8) is 0 Å². The summed E-state index contributed by atoms with van der Waals surface area (Å²) < 4.78 is 2.36. The van der Waals surface area contributed by atoms with Crippen molar-refractivity contribution in [1.29, 1.82) is 0 Å². The van der Waals surface area contributed by atoms with Gasteiger partial charge in [-0.3, -0.25) is 0 Å². The lowest BCUT2D eigenvalue weighted by molar-refractivity contribution is 1.08. The number of benzene rings is 10. The lowest BCUT2D eigenvalue weighted by atomic mass is 9.93. The van der Waals surface area contributed by atoms with Crippen LogP contribution >= 0.6 is 0 Å². The van der Waals surface area contributed by atoms with Gasteiger partial charge in [0.2, 0.25) is 0 Å². The molecule has 0 saturated heterocycles. The van der Waals surface area contributed by atoms with Gasteiger partial charge < -0.3 is 4.57 Å². The maximum atomic E-state index is 5.35. The van der Waals surface area contributed by atoms with E-state index in [1.807, 2.05) is 6.07 Å². The highest BCUT2D eigenvalue weighted by molar-refractivity contribution is 6.19. The molecule has 2 aromatic heterocycles. The molecule has 0 amide bonds. The fourth-order valence-electron chi connectivity index (χ4n) is 9.16. The largest absolute Gasteiger partial charge is 0.309 e. The molecule has 10 aromatic carbocycles. The standard InChI is InChI=1S/C57H36N4/c1-3-14-37(15-4-1)38-26-30-41(31-27-38)55-58-56(60-57(59-55)54-47-21-10-8-17-43(47)36-50-45-20-9-7-16-39(45)34-35-48(50)54)42-32-28-40(29-33-42)46-23-13-25-52-53(46)49-22-11-12-24-51(49)61(52)44-18-5-2-6-19-44/h1-36H. The zero-order valence-corrected chi connectivity index (χ0v) is 33.1. The Kier molecular flexibility index (Phi) is 8.13. The summed E-state index contributed by atoms with van der Waals surface area (Å²) in [7, 11) is 0. The van der Waals surface area contributed by atoms with Gasteiger partial charge in [-0.05, 0) is 84.9 Å². The molecule has 0 aliphatic carbocycles. The predicted octanol–water partition coefficient (Wildman–Crippen LogP) is 14.8. The molecule has 0 unspecified atom stereocenters. The number of nitrogens with zero attached hydrogens (tertiary/aromatic N) is 4. The fourth-order valence-corrected chi connectivity index (χ4v) is 9.16. The van der Waals surface area contributed by atoms with Crippen LogP contribution in [0.1, 0.15) is 0 Å². The summed E-state index contributed by atoms with van der Waals surface area (Å²) >= 11 is 0. The van der Waals surface area contributed by atoms with E-state index in [0.29, 0.717) is 17.5 Å². The first-order chi connectivity index (χ1) is 30.2. The van der Waals surface area contributed by atoms with Gasteiger partial charge in [-0.15, -0.1) is 0 Å². The van der Waals surface area contributed by atoms with Crippen LogP contribution in [0.4, 0.5) is 0 Å². The SMILES string of the molecule is c1ccc(-c2ccc(-c3nc(-c4ccc(-c5cccc6c5c5ccccc5n6-c5ccccc5)cc4)nc(-c4c5ccccc5cc5c4ccc4ccccc45)n3)cc2)cc1. The second-order valence-corrected chi connectivity index (χ2v) is 15.6. The Bertz CT molecular complexity index is 3610. The normalized spacial score (nSPS) is 11.6. The molecule has 0 aliphatic heterocycles. The van der Waals surface area contributed by atoms with E-state index in [-0.39, 0.29) is 0 Å². The van der Waals surface area contributed by atoms with E-state index in [1.54, 1.807) is 0 Å². The third-order valence-corrected chi connectivity index (χ3v) is 12.0. The highest BCUT2D eigenvalue weighted by atomic mass is 15.0. The lowest BCUT2D eigenvalue weighted by Crippen LogP contribution is -2.01. The van der Waals surface area contributed by atoms with Gasteiger partial charge in [0.25, 0.3) is 0 Å². The summed E-state index contributed by atoms with van der Waals surface area (Å²) in [6.45, 7) is 0. The topological polar surface area (TPSA) is 43.6 Å². The van der Waals surface area contributed by atoms with Crippen molar-refractivity contribution < 1.29 is 0 Å². The van der Waals surface area contributed by atoms with E-state index in [9.17, 15) is 0 Å². The van der Waals surface area contributed by atoms with Crippen LogP contribution in [-0.4, -0.2) is 19.5 Å². The Hall–Kier alpha value is -8.21. The van der Waals surface area contributed by atoms with Crippen LogP contribution in [0, 0.1) is 0 Å². The first-order valence-corrected chi connectivity index (χ1v) is 20.7. The number of fused-ring (bicyclic) bond motifs is 7. The Balaban J connectivity index is 1.04. The second kappa shape index (κ2) is 14.3. The van der Waals surface area contributed by atoms with Crippen LogP contribution in [0.15, 0.2) is 218 Å². The Morgan fingerprint density at radius 3 is 1.57 bits per heavy atom. The molecule has 0 spiro atoms. The van der Waals surface area contributed by atoms with Gasteiger partial charge in [0.05, 0.1) is 11.0 Å². The number of para-hydroxylation sites is 2. The van der Waals surface area contributed by atoms with Crippen LogP contribution in [-0.2, 0) is 0 Å². The van der Waals surface area contributed by atoms with Gasteiger partial charge in [0, 0.05) is 33.2 Å². The quantitative estimate of drug-likeness (QED) is 0.125. The minimum atomic E-state index is 0.624. The predicted molar refractivity (Wildman–Crippen MR) is 254 cm³/mol. The maximum Gasteiger partial charge on any atom is 0.165 e. The monoisotopic (exact) mass is 776 g/mol. The zero-order chi connectivity index (χ0) is 40.3. The van der Waals surface area contributed by atoms with Gasteiger partial charge in [0.1, 0.15) is 0 Å². The fraction of sp³-hybridized carbons (Fsp3) is 0. The van der Waals surface area contributed by atoms with Crippen molar-refractivity contribution >= 4 is 54.1 Å². The Labute approximate surface area is 352 Å². The van der Waals surface area contributed by atoms with Gasteiger partial charge >= 0.3 is 0 Å². The number of rotatable bonds is 6. The van der Waals surface area contributed by atoms with Crippen molar-refractivity contribution in [2.24, 2.45) is 0 Å². The molecule has 4 nitrogen and oxygen atoms in total. The number of hydrogen-bond donors (Lipinski definition) is 0. The Morgan fingerprint density at radius 2 is 0.836 bits per heavy atom. The van der Waals surface area contributed by atoms with E-state index in [0.717, 1.165) is 49.7 Å². The van der Waals surface area contributed by atoms with Crippen LogP contribution in [0.25, 0.3) is 116 Å². The van der Waals surface area contributed by atoms with Crippen LogP contribution in [0.2, 0.25) is 0 Å². The summed E-state index contributed by atoms with van der Waals surface area (Å²) in [4.78, 5) is 15.9. The van der Waals surface area contributed by atoms with Crippen molar-refractivity contribution in [3.05, 3.63) is 218 Å². The molecule has 0 radical (unpaired) electrons. The summed E-state index contributed by atoms with van der Waals surface area (Å²) in [6, 6.07) is 77.5. The molecule has 0 N–H and O–H groups in total. The zero-order valence-electron chi connectivity index (χ0n) is 33.1. The Morgan fingerprint density at radius 1 is 0.295 bits per heavy atom. The van der Waals surface area contributed by atoms with E-state index < -0.39 is 0 Å². The van der Waals surface area contributed by atoms with Gasteiger partial charge in [-0.25, -0.2) is 15.0 Å². The van der Waals surface area contributed by atoms with E-state index in [1.165, 1.54) is 49.1 Å². The van der Waals surface area contributed by atoms with Gasteiger partial charge in [-0.1, -0.05) is 188 Å². The molecule has 0 aliphatic rings. The number of hydrogen-bond acceptors (Lipinski definition) is 3. The highest BCUT2D eigenvalue weighted by Crippen LogP contribution is 2.41. The molecule has 61 heavy (non-hydrogen) atoms. The summed E-state index contributed by atoms with van der Waals surface area (Å²) in [5.74, 6) is 1.90. The molecule has 12 rings (SSSR count). The molecule has 284 valence electrons. The third kappa shape index (κ3) is 5.88. The highest BCUT2D eigenvalue weighted by Gasteiger charge is 2.20. The summed E-state index contributed by atoms with van der Waals surface area (Å²) in [6.07, 6.45) is 0. The summed E-state index contributed by atoms with van der Waals surface area (Å²) in [5, 5.41) is 9.39. The summed E-state index contributed by atoms with van der Waals surface area (Å²) in [5.41, 5.74) is 11.0. The maximum absolute atomic E-state index is 5.35. The first-order valence-electron chi connectivity index (χ1n) is 20.7. The van der Waals surface area contributed by atoms with E-state index in [2.05, 4.69) is 217 Å². The second-order valence-electron chi connectivity index (χ2n) is 15.6. The van der Waals surface area contributed by atoms with Crippen molar-refractivity contribution in [2.45, 2.75) is 0 Å².